The Morgan fingerprint density at radius 1 is 1.36 bits per heavy atom. The van der Waals surface area contributed by atoms with Gasteiger partial charge in [0.2, 0.25) is 0 Å². The molecule has 25 heavy (non-hydrogen) atoms. The molecule has 0 spiro atoms. The summed E-state index contributed by atoms with van der Waals surface area (Å²) in [5.74, 6) is -0.0747. The van der Waals surface area contributed by atoms with Crippen LogP contribution in [-0.2, 0) is 4.74 Å². The van der Waals surface area contributed by atoms with Crippen LogP contribution in [0.25, 0.3) is 0 Å². The smallest absolute Gasteiger partial charge is 0.281 e. The molecule has 1 unspecified atom stereocenters. The van der Waals surface area contributed by atoms with E-state index in [-0.39, 0.29) is 16.9 Å². The molecule has 2 fully saturated rings. The molecule has 2 aliphatic rings. The fourth-order valence-corrected chi connectivity index (χ4v) is 3.27. The van der Waals surface area contributed by atoms with Crippen molar-refractivity contribution in [2.75, 3.05) is 32.8 Å². The van der Waals surface area contributed by atoms with Gasteiger partial charge in [-0.25, -0.2) is 10.1 Å². The third kappa shape index (κ3) is 4.02. The Kier molecular flexibility index (Phi) is 5.41. The molecule has 0 radical (unpaired) electrons. The van der Waals surface area contributed by atoms with Crippen molar-refractivity contribution in [2.45, 2.75) is 6.42 Å². The topological polar surface area (TPSA) is 88.3 Å². The summed E-state index contributed by atoms with van der Waals surface area (Å²) in [5, 5.41) is 14.2. The number of carbonyl (C=O) groups excluding carboxylic acids is 1. The first-order valence-electron chi connectivity index (χ1n) is 7.78. The first-order chi connectivity index (χ1) is 12.0. The van der Waals surface area contributed by atoms with E-state index in [0.717, 1.165) is 6.42 Å². The van der Waals surface area contributed by atoms with E-state index < -0.39 is 10.9 Å². The average Bonchev–Trinajstić information content (AvgIpc) is 3.20. The highest BCUT2D eigenvalue weighted by Crippen LogP contribution is 2.25. The molecular weight excluding hydrogens is 371 g/mol. The second-order valence-electron chi connectivity index (χ2n) is 5.90. The molecule has 0 aliphatic carbocycles. The lowest BCUT2D eigenvalue weighted by Gasteiger charge is -2.22. The van der Waals surface area contributed by atoms with Gasteiger partial charge in [0.25, 0.3) is 11.9 Å². The standard InChI is InChI=1S/C15H16Cl2N4O4/c16-12-2-1-11(7-13(12)17)14(22)20-5-4-19(15(20)18-21(23)24)8-10-3-6-25-9-10/h1-2,7,10H,3-6,8-9H2. The van der Waals surface area contributed by atoms with E-state index in [2.05, 4.69) is 5.10 Å². The molecule has 2 saturated heterocycles. The van der Waals surface area contributed by atoms with Crippen LogP contribution >= 0.6 is 23.2 Å². The van der Waals surface area contributed by atoms with E-state index in [4.69, 9.17) is 27.9 Å². The summed E-state index contributed by atoms with van der Waals surface area (Å²) in [6.45, 7) is 2.67. The zero-order chi connectivity index (χ0) is 18.0. The first kappa shape index (κ1) is 17.9. The molecule has 0 bridgehead atoms. The molecule has 3 rings (SSSR count). The number of rotatable bonds is 4. The van der Waals surface area contributed by atoms with Crippen molar-refractivity contribution in [2.24, 2.45) is 11.0 Å². The molecule has 0 saturated carbocycles. The Morgan fingerprint density at radius 3 is 2.80 bits per heavy atom. The van der Waals surface area contributed by atoms with E-state index in [0.29, 0.717) is 43.4 Å². The van der Waals surface area contributed by atoms with Crippen LogP contribution in [0.2, 0.25) is 10.0 Å². The van der Waals surface area contributed by atoms with E-state index in [9.17, 15) is 14.9 Å². The molecular formula is C15H16Cl2N4O4. The van der Waals surface area contributed by atoms with Crippen molar-refractivity contribution in [3.8, 4) is 0 Å². The van der Waals surface area contributed by atoms with Gasteiger partial charge in [0, 0.05) is 37.7 Å². The minimum atomic E-state index is -0.784. The number of nitrogens with zero attached hydrogens (tertiary/aromatic N) is 4. The van der Waals surface area contributed by atoms with Crippen LogP contribution in [0, 0.1) is 16.0 Å². The van der Waals surface area contributed by atoms with Crippen LogP contribution < -0.4 is 0 Å². The van der Waals surface area contributed by atoms with Crippen LogP contribution in [0.15, 0.2) is 23.3 Å². The van der Waals surface area contributed by atoms with Crippen molar-refractivity contribution >= 4 is 35.1 Å². The summed E-state index contributed by atoms with van der Waals surface area (Å²) in [6.07, 6.45) is 0.892. The predicted molar refractivity (Wildman–Crippen MR) is 92.4 cm³/mol. The van der Waals surface area contributed by atoms with Crippen LogP contribution in [0.1, 0.15) is 16.8 Å². The molecule has 1 aromatic carbocycles. The van der Waals surface area contributed by atoms with Gasteiger partial charge in [0.1, 0.15) is 5.10 Å². The summed E-state index contributed by atoms with van der Waals surface area (Å²) < 4.78 is 5.34. The van der Waals surface area contributed by atoms with Crippen LogP contribution in [0.4, 0.5) is 0 Å². The zero-order valence-corrected chi connectivity index (χ0v) is 14.7. The lowest BCUT2D eigenvalue weighted by atomic mass is 10.1. The average molecular weight is 387 g/mol. The first-order valence-corrected chi connectivity index (χ1v) is 8.54. The normalized spacial score (nSPS) is 22.0. The predicted octanol–water partition coefficient (Wildman–Crippen LogP) is 2.34. The Labute approximate surface area is 154 Å². The number of carbonyl (C=O) groups is 1. The van der Waals surface area contributed by atoms with Gasteiger partial charge in [0.05, 0.1) is 16.7 Å². The molecule has 0 aromatic heterocycles. The quantitative estimate of drug-likeness (QED) is 0.585. The maximum Gasteiger partial charge on any atom is 0.281 e. The minimum Gasteiger partial charge on any atom is -0.381 e. The van der Waals surface area contributed by atoms with Crippen molar-refractivity contribution < 1.29 is 14.6 Å². The number of halogens is 2. The molecule has 2 heterocycles. The maximum absolute atomic E-state index is 12.8. The lowest BCUT2D eigenvalue weighted by molar-refractivity contribution is -0.486. The Morgan fingerprint density at radius 2 is 2.16 bits per heavy atom. The Hall–Kier alpha value is -1.90. The summed E-state index contributed by atoms with van der Waals surface area (Å²) in [7, 11) is 0. The molecule has 134 valence electrons. The van der Waals surface area contributed by atoms with Crippen molar-refractivity contribution in [1.82, 2.24) is 9.80 Å². The number of benzene rings is 1. The van der Waals surface area contributed by atoms with E-state index in [1.165, 1.54) is 23.1 Å². The van der Waals surface area contributed by atoms with Gasteiger partial charge in [-0.1, -0.05) is 23.2 Å². The highest BCUT2D eigenvalue weighted by molar-refractivity contribution is 6.42. The molecule has 10 heteroatoms. The molecule has 0 N–H and O–H groups in total. The van der Waals surface area contributed by atoms with Crippen molar-refractivity contribution in [1.29, 1.82) is 0 Å². The van der Waals surface area contributed by atoms with Gasteiger partial charge in [0.15, 0.2) is 5.03 Å². The number of hydrogen-bond acceptors (Lipinski definition) is 4. The van der Waals surface area contributed by atoms with E-state index in [1.54, 1.807) is 4.90 Å². The number of guanidine groups is 1. The van der Waals surface area contributed by atoms with E-state index >= 15 is 0 Å². The van der Waals surface area contributed by atoms with Gasteiger partial charge in [-0.05, 0) is 24.6 Å². The van der Waals surface area contributed by atoms with Crippen LogP contribution in [0.3, 0.4) is 0 Å². The van der Waals surface area contributed by atoms with Crippen LogP contribution in [-0.4, -0.2) is 59.5 Å². The number of nitro groups is 1. The van der Waals surface area contributed by atoms with Gasteiger partial charge >= 0.3 is 0 Å². The van der Waals surface area contributed by atoms with E-state index in [1.807, 2.05) is 0 Å². The van der Waals surface area contributed by atoms with Crippen LogP contribution in [0.5, 0.6) is 0 Å². The summed E-state index contributed by atoms with van der Waals surface area (Å²) in [5.41, 5.74) is 0.302. The third-order valence-electron chi connectivity index (χ3n) is 4.20. The number of hydrogen-bond donors (Lipinski definition) is 0. The second-order valence-corrected chi connectivity index (χ2v) is 6.71. The Bertz CT molecular complexity index is 721. The number of amides is 1. The monoisotopic (exact) mass is 386 g/mol. The largest absolute Gasteiger partial charge is 0.381 e. The summed E-state index contributed by atoms with van der Waals surface area (Å²) >= 11 is 11.8. The SMILES string of the molecule is O=C(c1ccc(Cl)c(Cl)c1)N1CCN(CC2CCOC2)C1=N[N+](=O)[O-]. The molecule has 1 amide bonds. The van der Waals surface area contributed by atoms with Gasteiger partial charge in [-0.3, -0.25) is 9.69 Å². The highest BCUT2D eigenvalue weighted by atomic mass is 35.5. The maximum atomic E-state index is 12.8. The minimum absolute atomic E-state index is 0.0490. The molecule has 8 nitrogen and oxygen atoms in total. The summed E-state index contributed by atoms with van der Waals surface area (Å²) in [4.78, 5) is 26.8. The van der Waals surface area contributed by atoms with Gasteiger partial charge in [-0.15, -0.1) is 0 Å². The second kappa shape index (κ2) is 7.55. The van der Waals surface area contributed by atoms with Crippen molar-refractivity contribution in [3.63, 3.8) is 0 Å². The number of hydrazone groups is 1. The molecule has 1 aromatic rings. The zero-order valence-electron chi connectivity index (χ0n) is 13.2. The molecule has 2 aliphatic heterocycles. The Balaban J connectivity index is 1.82. The summed E-state index contributed by atoms with van der Waals surface area (Å²) in [6, 6.07) is 4.50. The fraction of sp³-hybridized carbons (Fsp3) is 0.467. The lowest BCUT2D eigenvalue weighted by Crippen LogP contribution is -2.40. The number of ether oxygens (including phenoxy) is 1. The van der Waals surface area contributed by atoms with Gasteiger partial charge < -0.3 is 9.64 Å². The highest BCUT2D eigenvalue weighted by Gasteiger charge is 2.36. The van der Waals surface area contributed by atoms with Gasteiger partial charge in [-0.2, -0.15) is 0 Å². The fourth-order valence-electron chi connectivity index (χ4n) is 2.97. The third-order valence-corrected chi connectivity index (χ3v) is 4.94. The van der Waals surface area contributed by atoms with Crippen molar-refractivity contribution in [3.05, 3.63) is 43.9 Å². The molecule has 1 atom stereocenters.